The van der Waals surface area contributed by atoms with E-state index < -0.39 is 261 Å². The molecule has 0 saturated carbocycles. The minimum Gasteiger partial charge on any atom is -0.394 e. The van der Waals surface area contributed by atoms with E-state index in [1.165, 1.54) is 53.5 Å². The van der Waals surface area contributed by atoms with Crippen LogP contribution in [0, 0.1) is 0 Å². The molecule has 132 heavy (non-hydrogen) atoms. The lowest BCUT2D eigenvalue weighted by Gasteiger charge is -2.28. The summed E-state index contributed by atoms with van der Waals surface area (Å²) in [6.07, 6.45) is -34.2. The third kappa shape index (κ3) is 21.4. The van der Waals surface area contributed by atoms with Gasteiger partial charge in [0.2, 0.25) is 0 Å². The SMILES string of the molecule is CN(C)c1ncnc2c1ncn2[C@@H]1O[C@H](COP(=O)(O)O[C@H]2C[C@H](n3ccc(N)nc3=O)O[C@@H]2COP(=O)(O)O[C@H]2C[C@H](n3ccc(N)nc3=O)O[C@@H]2CO)[C@@H](NC(=O)[C@H](Cc2ccccc2)OP(=O)(O)O[C@H]2[C@@H](O)[C@H](n3cnc4c(N)ncnc43)O[C@@H]2COP(=O)(O)O[C@H]2[C@@H](O)[C@H](n3ccc(N)nc3=O)O[C@@H]2COP(=O)(O)O[C@H]2[C@@H](O)[C@H](n3ccc(N)nc3=O)O[C@@H]2CO)[C@H]1O. The first-order valence-electron chi connectivity index (χ1n) is 39.2. The van der Waals surface area contributed by atoms with E-state index in [0.717, 1.165) is 68.0 Å². The smallest absolute Gasteiger partial charge is 0.394 e. The summed E-state index contributed by atoms with van der Waals surface area (Å²) in [6.45, 7) is -6.68. The molecule has 14 heterocycles. The van der Waals surface area contributed by atoms with Crippen molar-refractivity contribution in [3.05, 3.63) is 152 Å². The number of benzene rings is 1. The average molecular weight is 1960 g/mol. The van der Waals surface area contributed by atoms with Crippen LogP contribution in [0.3, 0.4) is 0 Å². The second-order valence-electron chi connectivity index (χ2n) is 30.3. The van der Waals surface area contributed by atoms with Gasteiger partial charge in [0.05, 0.1) is 58.3 Å². The third-order valence-electron chi connectivity index (χ3n) is 21.3. The number of amides is 1. The second kappa shape index (κ2) is 39.2. The predicted octanol–water partition coefficient (Wildman–Crippen LogP) is -5.13. The van der Waals surface area contributed by atoms with Crippen LogP contribution in [0.15, 0.2) is 124 Å². The van der Waals surface area contributed by atoms with Crippen LogP contribution in [0.25, 0.3) is 22.3 Å². The maximum atomic E-state index is 15.4. The van der Waals surface area contributed by atoms with Crippen LogP contribution < -0.4 is 61.6 Å². The van der Waals surface area contributed by atoms with Crippen molar-refractivity contribution in [1.29, 1.82) is 0 Å². The molecule has 5 unspecified atom stereocenters. The molecule has 15 rings (SSSR count). The molecule has 716 valence electrons. The maximum absolute atomic E-state index is 15.4. The van der Waals surface area contributed by atoms with Crippen molar-refractivity contribution in [2.24, 2.45) is 0 Å². The summed E-state index contributed by atoms with van der Waals surface area (Å²) in [4.78, 5) is 166. The van der Waals surface area contributed by atoms with Gasteiger partial charge in [-0.2, -0.15) is 19.9 Å². The van der Waals surface area contributed by atoms with Crippen molar-refractivity contribution in [3.8, 4) is 0 Å². The number of aliphatic hydroxyl groups excluding tert-OH is 6. The number of phosphoric ester groups is 5. The van der Waals surface area contributed by atoms with Gasteiger partial charge in [-0.3, -0.25) is 77.4 Å². The van der Waals surface area contributed by atoms with Crippen molar-refractivity contribution in [3.63, 3.8) is 0 Å². The van der Waals surface area contributed by atoms with Gasteiger partial charge >= 0.3 is 61.9 Å². The Hall–Kier alpha value is -9.82. The number of ether oxygens (including phenoxy) is 6. The van der Waals surface area contributed by atoms with Crippen molar-refractivity contribution in [2.75, 3.05) is 87.3 Å². The largest absolute Gasteiger partial charge is 0.473 e. The molecule has 9 aromatic rings. The number of hydrogen-bond donors (Lipinski definition) is 17. The Balaban J connectivity index is 0.675. The highest BCUT2D eigenvalue weighted by molar-refractivity contribution is 7.48. The highest BCUT2D eigenvalue weighted by Gasteiger charge is 2.57. The molecule has 0 aliphatic carbocycles. The predicted molar refractivity (Wildman–Crippen MR) is 436 cm³/mol. The zero-order chi connectivity index (χ0) is 94.5. The molecule has 60 nitrogen and oxygen atoms in total. The normalized spacial score (nSPS) is 30.4. The molecule has 1 amide bonds. The maximum Gasteiger partial charge on any atom is 0.473 e. The van der Waals surface area contributed by atoms with Gasteiger partial charge in [-0.15, -0.1) is 0 Å². The molecular weight excluding hydrogens is 1870 g/mol. The fraction of sp³-hybridized carbons (Fsp3) is 0.507. The van der Waals surface area contributed by atoms with Gasteiger partial charge in [-0.05, 0) is 29.8 Å². The summed E-state index contributed by atoms with van der Waals surface area (Å²) in [5, 5.41) is 70.9. The molecule has 28 atom stereocenters. The van der Waals surface area contributed by atoms with Gasteiger partial charge in [0.1, 0.15) is 145 Å². The monoisotopic (exact) mass is 1960 g/mol. The second-order valence-corrected chi connectivity index (χ2v) is 37.3. The number of nitrogens with two attached hydrogens (primary N) is 5. The van der Waals surface area contributed by atoms with Gasteiger partial charge in [-0.1, -0.05) is 30.3 Å². The molecule has 6 saturated heterocycles. The van der Waals surface area contributed by atoms with E-state index in [4.69, 9.17) is 102 Å². The number of nitrogens with one attached hydrogen (secondary N) is 1. The van der Waals surface area contributed by atoms with E-state index in [9.17, 15) is 92.5 Å². The van der Waals surface area contributed by atoms with Crippen molar-refractivity contribution < 1.29 is 156 Å². The van der Waals surface area contributed by atoms with E-state index in [0.29, 0.717) is 4.57 Å². The number of aliphatic hydroxyl groups is 6. The topological polar surface area (TPSA) is 845 Å². The Labute approximate surface area is 738 Å². The molecule has 0 radical (unpaired) electrons. The fourth-order valence-corrected chi connectivity index (χ4v) is 20.2. The highest BCUT2D eigenvalue weighted by Crippen LogP contribution is 2.57. The summed E-state index contributed by atoms with van der Waals surface area (Å²) < 4.78 is 168. The minimum atomic E-state index is -6.07. The van der Waals surface area contributed by atoms with Crippen LogP contribution in [0.5, 0.6) is 0 Å². The number of rotatable bonds is 37. The number of imidazole rings is 2. The van der Waals surface area contributed by atoms with Crippen molar-refractivity contribution >= 4 is 102 Å². The number of fused-ring (bicyclic) bond motifs is 2. The van der Waals surface area contributed by atoms with Gasteiger partial charge in [-0.25, -0.2) is 71.9 Å². The number of nitrogen functional groups attached to an aromatic ring is 5. The molecule has 6 aliphatic rings. The summed E-state index contributed by atoms with van der Waals surface area (Å²) in [7, 11) is -25.4. The van der Waals surface area contributed by atoms with Crippen molar-refractivity contribution in [1.82, 2.24) is 82.6 Å². The fourth-order valence-electron chi connectivity index (χ4n) is 15.2. The summed E-state index contributed by atoms with van der Waals surface area (Å²) in [5.74, 6) is -2.26. The molecule has 0 bridgehead atoms. The molecule has 6 fully saturated rings. The Bertz CT molecular complexity index is 6210. The van der Waals surface area contributed by atoms with Crippen LogP contribution >= 0.6 is 39.1 Å². The molecular formula is C67H86N23O37P5. The summed E-state index contributed by atoms with van der Waals surface area (Å²) >= 11 is 0. The molecule has 65 heteroatoms. The number of aromatic nitrogens is 16. The number of nitrogens with zero attached hydrogens (tertiary/aromatic N) is 17. The van der Waals surface area contributed by atoms with Gasteiger partial charge in [0, 0.05) is 58.1 Å². The first-order valence-corrected chi connectivity index (χ1v) is 46.7. The average Bonchev–Trinajstić information content (AvgIpc) is 1.52. The lowest BCUT2D eigenvalue weighted by atomic mass is 10.0. The minimum absolute atomic E-state index is 0.00596. The Kier molecular flexibility index (Phi) is 28.8. The molecule has 0 spiro atoms. The molecule has 1 aromatic carbocycles. The number of phosphoric acid groups is 5. The number of carbonyl (C=O) groups is 1. The van der Waals surface area contributed by atoms with Crippen LogP contribution in [0.1, 0.15) is 55.8 Å². The standard InChI is InChI=1S/C67H86N23O37P5/c1-84(2)56-47-58(76-26-74-56)90(28-78-47)60-48(93)45(36(119-60)22-113-129(104,105)123-31-18-44(86-13-9-40(69)80-65(86)99)117-35(31)21-112-128(102,103)122-30-17-43(116-33(30)19-91)85-12-8-39(68)79-64(85)98)83-59(97)32(16-29-6-4-3-5-7-29)124-132(110,111)127-54-38(121-63(51(54)96)89-27-77-46-55(72)73-25-75-57(46)89)24-115-131(108,109)126-53-37(120-62(50(53)95)88-15-11-42(71)82-67(88)101)23-114-130(106,107)125-52-34(20-92)118-61(49(52)94)87-14-10-41(70)81-66(87)100/h3-15,25-28,30-38,43-45,48-54,60-63,91-96H,16-24H2,1-2H3,(H,83,97)(H,102,103)(H,104,105)(H,106,107)(H,108,109)(H,110,111)(H2,68,79,98)(H2,69,80,99)(H2,70,81,100)(H2,71,82,101)(H2,72,73,75)/t30-,31-,32-,33+,34+,35+,36+,37+,38+,43+,44+,45+,48+,49+,50+,51+,52+,53+,54+,60+,61+,62+,63+/m0/s1. The van der Waals surface area contributed by atoms with E-state index in [1.54, 1.807) is 25.1 Å². The van der Waals surface area contributed by atoms with Crippen LogP contribution in [-0.4, -0.2) is 296 Å². The lowest BCUT2D eigenvalue weighted by molar-refractivity contribution is -0.131. The van der Waals surface area contributed by atoms with E-state index in [1.807, 2.05) is 0 Å². The number of hydrogen-bond acceptors (Lipinski definition) is 48. The summed E-state index contributed by atoms with van der Waals surface area (Å²) in [5.41, 5.74) is 24.7. The quantitative estimate of drug-likeness (QED) is 0.0162. The van der Waals surface area contributed by atoms with E-state index in [2.05, 4.69) is 55.2 Å². The van der Waals surface area contributed by atoms with E-state index >= 15 is 9.36 Å². The Morgan fingerprint density at radius 1 is 0.462 bits per heavy atom. The molecule has 6 aliphatic heterocycles. The highest BCUT2D eigenvalue weighted by atomic mass is 31.2. The van der Waals surface area contributed by atoms with Crippen LogP contribution in [-0.2, 0) is 108 Å². The third-order valence-corrected chi connectivity index (χ3v) is 26.4. The lowest BCUT2D eigenvalue weighted by Crippen LogP contribution is -2.52. The van der Waals surface area contributed by atoms with Gasteiger partial charge in [0.25, 0.3) is 5.91 Å². The van der Waals surface area contributed by atoms with Crippen LogP contribution in [0.2, 0.25) is 0 Å². The first-order chi connectivity index (χ1) is 62.5. The van der Waals surface area contributed by atoms with Crippen molar-refractivity contribution in [2.45, 2.75) is 160 Å². The number of carbonyl (C=O) groups excluding carboxylic acids is 1. The Morgan fingerprint density at radius 3 is 1.33 bits per heavy atom. The Morgan fingerprint density at radius 2 is 0.848 bits per heavy atom. The first kappa shape index (κ1) is 96.7. The summed E-state index contributed by atoms with van der Waals surface area (Å²) in [6, 6.07) is 10.2. The number of anilines is 6. The molecule has 22 N–H and O–H groups in total. The zero-order valence-corrected chi connectivity index (χ0v) is 72.7. The zero-order valence-electron chi connectivity index (χ0n) is 68.2. The molecule has 8 aromatic heterocycles. The van der Waals surface area contributed by atoms with Gasteiger partial charge < -0.3 is 122 Å². The van der Waals surface area contributed by atoms with E-state index in [-0.39, 0.29) is 69.2 Å². The van der Waals surface area contributed by atoms with Gasteiger partial charge in [0.15, 0.2) is 59.5 Å². The van der Waals surface area contributed by atoms with Crippen LogP contribution in [0.4, 0.5) is 34.9 Å².